The van der Waals surface area contributed by atoms with Gasteiger partial charge in [-0.25, -0.2) is 0 Å². The molecule has 0 aliphatic rings. The number of carbonyl (C=O) groups excluding carboxylic acids is 1. The van der Waals surface area contributed by atoms with Crippen molar-refractivity contribution in [2.45, 2.75) is 30.7 Å². The van der Waals surface area contributed by atoms with Crippen molar-refractivity contribution >= 4 is 17.5 Å². The number of aryl methyl sites for hydroxylation is 1. The molecule has 0 saturated carbocycles. The highest BCUT2D eigenvalue weighted by Crippen LogP contribution is 2.27. The van der Waals surface area contributed by atoms with Crippen LogP contribution in [-0.2, 0) is 13.5 Å². The molecule has 0 unspecified atom stereocenters. The number of nitrogens with zero attached hydrogens (tertiary/aromatic N) is 4. The van der Waals surface area contributed by atoms with E-state index in [1.807, 2.05) is 54.9 Å². The SMILES string of the molecule is CCc1ccc(C(=O)[C@@H](C)Sc2nnc(-c3ccncc3)n2C)cc1. The third-order valence-corrected chi connectivity index (χ3v) is 5.21. The Bertz CT molecular complexity index is 859. The molecule has 3 rings (SSSR count). The number of hydrogen-bond donors (Lipinski definition) is 0. The van der Waals surface area contributed by atoms with Gasteiger partial charge in [0, 0.05) is 30.6 Å². The molecule has 6 heteroatoms. The van der Waals surface area contributed by atoms with Gasteiger partial charge < -0.3 is 4.57 Å². The van der Waals surface area contributed by atoms with Gasteiger partial charge >= 0.3 is 0 Å². The number of Topliss-reactive ketones (excluding diaryl/α,β-unsaturated/α-hetero) is 1. The van der Waals surface area contributed by atoms with Crippen LogP contribution in [0.25, 0.3) is 11.4 Å². The van der Waals surface area contributed by atoms with E-state index in [9.17, 15) is 4.79 Å². The first-order valence-corrected chi connectivity index (χ1v) is 9.07. The molecule has 5 nitrogen and oxygen atoms in total. The number of ketones is 1. The van der Waals surface area contributed by atoms with Gasteiger partial charge in [-0.1, -0.05) is 43.0 Å². The molecule has 0 aliphatic heterocycles. The van der Waals surface area contributed by atoms with Crippen molar-refractivity contribution < 1.29 is 4.79 Å². The Labute approximate surface area is 151 Å². The lowest BCUT2D eigenvalue weighted by Crippen LogP contribution is -2.14. The summed E-state index contributed by atoms with van der Waals surface area (Å²) in [7, 11) is 1.91. The Morgan fingerprint density at radius 3 is 2.44 bits per heavy atom. The summed E-state index contributed by atoms with van der Waals surface area (Å²) in [5, 5.41) is 8.97. The Morgan fingerprint density at radius 1 is 1.12 bits per heavy atom. The molecule has 2 aromatic heterocycles. The number of rotatable bonds is 6. The Kier molecular flexibility index (Phi) is 5.28. The van der Waals surface area contributed by atoms with Crippen LogP contribution in [0, 0.1) is 0 Å². The lowest BCUT2D eigenvalue weighted by Gasteiger charge is -2.10. The van der Waals surface area contributed by atoms with Crippen LogP contribution in [0.5, 0.6) is 0 Å². The predicted octanol–water partition coefficient (Wildman–Crippen LogP) is 3.80. The van der Waals surface area contributed by atoms with E-state index in [2.05, 4.69) is 22.1 Å². The molecular weight excluding hydrogens is 332 g/mol. The molecule has 1 aromatic carbocycles. The second-order valence-corrected chi connectivity index (χ2v) is 7.08. The van der Waals surface area contributed by atoms with E-state index >= 15 is 0 Å². The summed E-state index contributed by atoms with van der Waals surface area (Å²) in [5.74, 6) is 0.859. The summed E-state index contributed by atoms with van der Waals surface area (Å²) in [6, 6.07) is 11.6. The van der Waals surface area contributed by atoms with E-state index in [0.29, 0.717) is 0 Å². The first kappa shape index (κ1) is 17.4. The predicted molar refractivity (Wildman–Crippen MR) is 99.7 cm³/mol. The van der Waals surface area contributed by atoms with E-state index in [-0.39, 0.29) is 11.0 Å². The van der Waals surface area contributed by atoms with Gasteiger partial charge in [-0.2, -0.15) is 0 Å². The van der Waals surface area contributed by atoms with Crippen LogP contribution in [0.4, 0.5) is 0 Å². The minimum atomic E-state index is -0.235. The maximum Gasteiger partial charge on any atom is 0.191 e. The van der Waals surface area contributed by atoms with Gasteiger partial charge in [0.25, 0.3) is 0 Å². The van der Waals surface area contributed by atoms with Crippen LogP contribution in [0.2, 0.25) is 0 Å². The van der Waals surface area contributed by atoms with E-state index in [4.69, 9.17) is 0 Å². The zero-order valence-corrected chi connectivity index (χ0v) is 15.3. The third kappa shape index (κ3) is 3.79. The molecule has 2 heterocycles. The zero-order valence-electron chi connectivity index (χ0n) is 14.5. The van der Waals surface area contributed by atoms with Crippen LogP contribution >= 0.6 is 11.8 Å². The topological polar surface area (TPSA) is 60.7 Å². The first-order valence-electron chi connectivity index (χ1n) is 8.19. The molecule has 3 aromatic rings. The number of benzene rings is 1. The van der Waals surface area contributed by atoms with Crippen molar-refractivity contribution in [1.82, 2.24) is 19.7 Å². The van der Waals surface area contributed by atoms with Crippen LogP contribution < -0.4 is 0 Å². The summed E-state index contributed by atoms with van der Waals surface area (Å²) in [5.41, 5.74) is 2.91. The van der Waals surface area contributed by atoms with E-state index in [0.717, 1.165) is 28.5 Å². The van der Waals surface area contributed by atoms with Gasteiger partial charge in [0.1, 0.15) is 0 Å². The summed E-state index contributed by atoms with van der Waals surface area (Å²) >= 11 is 1.42. The smallest absolute Gasteiger partial charge is 0.191 e. The lowest BCUT2D eigenvalue weighted by atomic mass is 10.1. The third-order valence-electron chi connectivity index (χ3n) is 4.07. The average molecular weight is 352 g/mol. The molecule has 0 spiro atoms. The summed E-state index contributed by atoms with van der Waals surface area (Å²) in [6.07, 6.45) is 4.42. The minimum absolute atomic E-state index is 0.0983. The van der Waals surface area contributed by atoms with Crippen molar-refractivity contribution in [3.05, 3.63) is 59.9 Å². The Morgan fingerprint density at radius 2 is 1.80 bits per heavy atom. The summed E-state index contributed by atoms with van der Waals surface area (Å²) in [4.78, 5) is 16.7. The minimum Gasteiger partial charge on any atom is -0.305 e. The Hall–Kier alpha value is -2.47. The number of pyridine rings is 1. The van der Waals surface area contributed by atoms with Crippen molar-refractivity contribution in [2.24, 2.45) is 7.05 Å². The quantitative estimate of drug-likeness (QED) is 0.499. The van der Waals surface area contributed by atoms with Gasteiger partial charge in [-0.15, -0.1) is 10.2 Å². The van der Waals surface area contributed by atoms with E-state index in [1.54, 1.807) is 12.4 Å². The van der Waals surface area contributed by atoms with Crippen LogP contribution in [0.3, 0.4) is 0 Å². The largest absolute Gasteiger partial charge is 0.305 e. The van der Waals surface area contributed by atoms with Gasteiger partial charge in [-0.3, -0.25) is 9.78 Å². The number of hydrogen-bond acceptors (Lipinski definition) is 5. The normalized spacial score (nSPS) is 12.1. The molecule has 25 heavy (non-hydrogen) atoms. The fraction of sp³-hybridized carbons (Fsp3) is 0.263. The Balaban J connectivity index is 1.75. The first-order chi connectivity index (χ1) is 12.1. The van der Waals surface area contributed by atoms with E-state index < -0.39 is 0 Å². The van der Waals surface area contributed by atoms with Gasteiger partial charge in [-0.05, 0) is 31.0 Å². The van der Waals surface area contributed by atoms with Gasteiger partial charge in [0.05, 0.1) is 5.25 Å². The molecule has 0 N–H and O–H groups in total. The maximum absolute atomic E-state index is 12.7. The molecule has 0 fully saturated rings. The van der Waals surface area contributed by atoms with Crippen LogP contribution in [0.15, 0.2) is 53.9 Å². The molecule has 1 atom stereocenters. The number of carbonyl (C=O) groups is 1. The number of thioether (sulfide) groups is 1. The lowest BCUT2D eigenvalue weighted by molar-refractivity contribution is 0.0994. The van der Waals surface area contributed by atoms with Crippen LogP contribution in [-0.4, -0.2) is 30.8 Å². The number of aromatic nitrogens is 4. The molecule has 128 valence electrons. The van der Waals surface area contributed by atoms with Crippen molar-refractivity contribution in [1.29, 1.82) is 0 Å². The standard InChI is InChI=1S/C19H20N4OS/c1-4-14-5-7-15(8-6-14)17(24)13(2)25-19-22-21-18(23(19)3)16-9-11-20-12-10-16/h5-13H,4H2,1-3H3/t13-/m1/s1. The summed E-state index contributed by atoms with van der Waals surface area (Å²) in [6.45, 7) is 4.01. The van der Waals surface area contributed by atoms with Crippen molar-refractivity contribution in [3.63, 3.8) is 0 Å². The highest BCUT2D eigenvalue weighted by molar-refractivity contribution is 8.00. The molecule has 0 saturated heterocycles. The highest BCUT2D eigenvalue weighted by Gasteiger charge is 2.20. The molecule has 0 aliphatic carbocycles. The monoisotopic (exact) mass is 352 g/mol. The van der Waals surface area contributed by atoms with Crippen LogP contribution in [0.1, 0.15) is 29.8 Å². The van der Waals surface area contributed by atoms with Crippen molar-refractivity contribution in [2.75, 3.05) is 0 Å². The molecule has 0 radical (unpaired) electrons. The second kappa shape index (κ2) is 7.61. The average Bonchev–Trinajstić information content (AvgIpc) is 3.02. The molecular formula is C19H20N4OS. The van der Waals surface area contributed by atoms with Gasteiger partial charge in [0.2, 0.25) is 0 Å². The summed E-state index contributed by atoms with van der Waals surface area (Å²) < 4.78 is 1.91. The van der Waals surface area contributed by atoms with E-state index in [1.165, 1.54) is 17.3 Å². The highest BCUT2D eigenvalue weighted by atomic mass is 32.2. The second-order valence-electron chi connectivity index (χ2n) is 5.78. The molecule has 0 bridgehead atoms. The molecule has 0 amide bonds. The maximum atomic E-state index is 12.7. The fourth-order valence-electron chi connectivity index (χ4n) is 2.52. The fourth-order valence-corrected chi connectivity index (χ4v) is 3.41. The van der Waals surface area contributed by atoms with Gasteiger partial charge in [0.15, 0.2) is 16.8 Å². The van der Waals surface area contributed by atoms with Crippen molar-refractivity contribution in [3.8, 4) is 11.4 Å². The zero-order chi connectivity index (χ0) is 17.8.